The van der Waals surface area contributed by atoms with E-state index in [1.807, 2.05) is 30.3 Å². The molecule has 0 radical (unpaired) electrons. The molecule has 0 unspecified atom stereocenters. The van der Waals surface area contributed by atoms with Crippen molar-refractivity contribution in [3.63, 3.8) is 0 Å². The predicted octanol–water partition coefficient (Wildman–Crippen LogP) is 1.46. The van der Waals surface area contributed by atoms with Gasteiger partial charge < -0.3 is 20.7 Å². The van der Waals surface area contributed by atoms with Crippen molar-refractivity contribution in [1.29, 1.82) is 0 Å². The van der Waals surface area contributed by atoms with Crippen LogP contribution in [0.4, 0.5) is 4.79 Å². The average Bonchev–Trinajstić information content (AvgIpc) is 2.50. The van der Waals surface area contributed by atoms with Crippen LogP contribution in [-0.4, -0.2) is 48.0 Å². The van der Waals surface area contributed by atoms with Crippen LogP contribution in [0.3, 0.4) is 0 Å². The Labute approximate surface area is 148 Å². The molecule has 0 fully saturated rings. The lowest BCUT2D eigenvalue weighted by Crippen LogP contribution is -2.47. The number of ether oxygens (including phenoxy) is 1. The molecule has 1 aromatic carbocycles. The van der Waals surface area contributed by atoms with Crippen molar-refractivity contribution in [1.82, 2.24) is 10.2 Å². The molecule has 0 saturated carbocycles. The molecule has 0 spiro atoms. The van der Waals surface area contributed by atoms with E-state index in [9.17, 15) is 14.4 Å². The van der Waals surface area contributed by atoms with Gasteiger partial charge in [-0.25, -0.2) is 4.79 Å². The first kappa shape index (κ1) is 20.5. The molecule has 1 atom stereocenters. The van der Waals surface area contributed by atoms with E-state index in [2.05, 4.69) is 5.32 Å². The fourth-order valence-corrected chi connectivity index (χ4v) is 2.20. The van der Waals surface area contributed by atoms with Crippen LogP contribution in [-0.2, 0) is 20.7 Å². The zero-order valence-electron chi connectivity index (χ0n) is 15.2. The molecular weight excluding hydrogens is 322 g/mol. The van der Waals surface area contributed by atoms with Gasteiger partial charge in [-0.2, -0.15) is 0 Å². The SMILES string of the molecule is CN(C(=O)CCNC(=O)OC(C)(C)C)[C@@H](Cc1ccccc1)C(N)=O. The minimum atomic E-state index is -0.739. The monoisotopic (exact) mass is 349 g/mol. The summed E-state index contributed by atoms with van der Waals surface area (Å²) in [5, 5.41) is 2.52. The van der Waals surface area contributed by atoms with Crippen molar-refractivity contribution in [2.24, 2.45) is 5.73 Å². The molecule has 1 rings (SSSR count). The number of hydrogen-bond acceptors (Lipinski definition) is 4. The Kier molecular flexibility index (Phi) is 7.42. The Balaban J connectivity index is 2.54. The molecular formula is C18H27N3O4. The normalized spacial score (nSPS) is 12.2. The lowest BCUT2D eigenvalue weighted by molar-refractivity contribution is -0.137. The average molecular weight is 349 g/mol. The maximum Gasteiger partial charge on any atom is 0.407 e. The molecule has 0 aliphatic heterocycles. The quantitative estimate of drug-likeness (QED) is 0.778. The highest BCUT2D eigenvalue weighted by Gasteiger charge is 2.25. The van der Waals surface area contributed by atoms with Gasteiger partial charge in [0, 0.05) is 26.4 Å². The van der Waals surface area contributed by atoms with E-state index in [0.717, 1.165) is 5.56 Å². The van der Waals surface area contributed by atoms with Crippen LogP contribution in [0.15, 0.2) is 30.3 Å². The lowest BCUT2D eigenvalue weighted by Gasteiger charge is -2.26. The molecule has 0 aliphatic rings. The molecule has 25 heavy (non-hydrogen) atoms. The number of benzene rings is 1. The number of hydrogen-bond donors (Lipinski definition) is 2. The summed E-state index contributed by atoms with van der Waals surface area (Å²) in [5.74, 6) is -0.851. The zero-order valence-corrected chi connectivity index (χ0v) is 15.2. The highest BCUT2D eigenvalue weighted by molar-refractivity contribution is 5.87. The number of primary amides is 1. The van der Waals surface area contributed by atoms with E-state index in [1.54, 1.807) is 20.8 Å². The van der Waals surface area contributed by atoms with Crippen molar-refractivity contribution in [3.05, 3.63) is 35.9 Å². The smallest absolute Gasteiger partial charge is 0.407 e. The van der Waals surface area contributed by atoms with Gasteiger partial charge in [-0.1, -0.05) is 30.3 Å². The van der Waals surface area contributed by atoms with E-state index in [4.69, 9.17) is 10.5 Å². The first-order chi connectivity index (χ1) is 11.6. The van der Waals surface area contributed by atoms with E-state index in [1.165, 1.54) is 11.9 Å². The minimum Gasteiger partial charge on any atom is -0.444 e. The fraction of sp³-hybridized carbons (Fsp3) is 0.500. The van der Waals surface area contributed by atoms with Gasteiger partial charge in [0.15, 0.2) is 0 Å². The Morgan fingerprint density at radius 1 is 1.20 bits per heavy atom. The number of nitrogens with two attached hydrogens (primary N) is 1. The Morgan fingerprint density at radius 3 is 2.32 bits per heavy atom. The predicted molar refractivity (Wildman–Crippen MR) is 94.8 cm³/mol. The highest BCUT2D eigenvalue weighted by Crippen LogP contribution is 2.09. The second-order valence-electron chi connectivity index (χ2n) is 6.79. The third-order valence-corrected chi connectivity index (χ3v) is 3.47. The standard InChI is InChI=1S/C18H27N3O4/c1-18(2,3)25-17(24)20-11-10-15(22)21(4)14(16(19)23)12-13-8-6-5-7-9-13/h5-9,14H,10-12H2,1-4H3,(H2,19,23)(H,20,24)/t14-/m0/s1. The molecule has 1 aromatic rings. The van der Waals surface area contributed by atoms with Crippen molar-refractivity contribution >= 4 is 17.9 Å². The topological polar surface area (TPSA) is 102 Å². The van der Waals surface area contributed by atoms with Crippen molar-refractivity contribution in [2.45, 2.75) is 45.3 Å². The van der Waals surface area contributed by atoms with Gasteiger partial charge in [-0.15, -0.1) is 0 Å². The summed E-state index contributed by atoms with van der Waals surface area (Å²) in [6, 6.07) is 8.60. The van der Waals surface area contributed by atoms with Crippen LogP contribution in [0.2, 0.25) is 0 Å². The van der Waals surface area contributed by atoms with Gasteiger partial charge >= 0.3 is 6.09 Å². The number of amides is 3. The Bertz CT molecular complexity index is 596. The van der Waals surface area contributed by atoms with Crippen molar-refractivity contribution < 1.29 is 19.1 Å². The van der Waals surface area contributed by atoms with Gasteiger partial charge in [0.2, 0.25) is 11.8 Å². The summed E-state index contributed by atoms with van der Waals surface area (Å²) in [5.41, 5.74) is 5.76. The number of carbonyl (C=O) groups excluding carboxylic acids is 3. The van der Waals surface area contributed by atoms with Gasteiger partial charge in [0.1, 0.15) is 11.6 Å². The van der Waals surface area contributed by atoms with Crippen LogP contribution in [0, 0.1) is 0 Å². The number of likely N-dealkylation sites (N-methyl/N-ethyl adjacent to an activating group) is 1. The number of nitrogens with zero attached hydrogens (tertiary/aromatic N) is 1. The van der Waals surface area contributed by atoms with E-state index >= 15 is 0 Å². The summed E-state index contributed by atoms with van der Waals surface area (Å²) < 4.78 is 5.10. The van der Waals surface area contributed by atoms with E-state index in [-0.39, 0.29) is 18.9 Å². The van der Waals surface area contributed by atoms with Crippen LogP contribution in [0.1, 0.15) is 32.8 Å². The third-order valence-electron chi connectivity index (χ3n) is 3.47. The summed E-state index contributed by atoms with van der Waals surface area (Å²) in [6.07, 6.45) is -0.189. The third kappa shape index (κ3) is 7.69. The number of rotatable bonds is 7. The second kappa shape index (κ2) is 9.05. The van der Waals surface area contributed by atoms with E-state index in [0.29, 0.717) is 6.42 Å². The van der Waals surface area contributed by atoms with Gasteiger partial charge in [-0.3, -0.25) is 9.59 Å². The number of nitrogens with one attached hydrogen (secondary N) is 1. The molecule has 3 amide bonds. The second-order valence-corrected chi connectivity index (χ2v) is 6.79. The summed E-state index contributed by atoms with van der Waals surface area (Å²) in [4.78, 5) is 36.9. The molecule has 138 valence electrons. The molecule has 0 bridgehead atoms. The molecule has 7 nitrogen and oxygen atoms in total. The largest absolute Gasteiger partial charge is 0.444 e. The Hall–Kier alpha value is -2.57. The maximum absolute atomic E-state index is 12.3. The molecule has 0 aromatic heterocycles. The van der Waals surface area contributed by atoms with Gasteiger partial charge in [0.05, 0.1) is 0 Å². The van der Waals surface area contributed by atoms with Crippen LogP contribution >= 0.6 is 0 Å². The lowest BCUT2D eigenvalue weighted by atomic mass is 10.0. The van der Waals surface area contributed by atoms with Crippen LogP contribution in [0.5, 0.6) is 0 Å². The minimum absolute atomic E-state index is 0.0499. The molecule has 3 N–H and O–H groups in total. The van der Waals surface area contributed by atoms with Crippen LogP contribution < -0.4 is 11.1 Å². The van der Waals surface area contributed by atoms with Gasteiger partial charge in [-0.05, 0) is 26.3 Å². The molecule has 0 saturated heterocycles. The van der Waals surface area contributed by atoms with Crippen LogP contribution in [0.25, 0.3) is 0 Å². The number of alkyl carbamates (subject to hydrolysis) is 1. The molecule has 7 heteroatoms. The first-order valence-corrected chi connectivity index (χ1v) is 8.16. The Morgan fingerprint density at radius 2 is 1.80 bits per heavy atom. The first-order valence-electron chi connectivity index (χ1n) is 8.16. The van der Waals surface area contributed by atoms with Crippen molar-refractivity contribution in [3.8, 4) is 0 Å². The molecule has 0 aliphatic carbocycles. The van der Waals surface area contributed by atoms with Gasteiger partial charge in [0.25, 0.3) is 0 Å². The summed E-state index contributed by atoms with van der Waals surface area (Å²) >= 11 is 0. The van der Waals surface area contributed by atoms with Crippen molar-refractivity contribution in [2.75, 3.05) is 13.6 Å². The maximum atomic E-state index is 12.3. The highest BCUT2D eigenvalue weighted by atomic mass is 16.6. The number of carbonyl (C=O) groups is 3. The molecule has 0 heterocycles. The van der Waals surface area contributed by atoms with E-state index < -0.39 is 23.6 Å². The fourth-order valence-electron chi connectivity index (χ4n) is 2.20. The summed E-state index contributed by atoms with van der Waals surface area (Å²) in [6.45, 7) is 5.39. The zero-order chi connectivity index (χ0) is 19.0. The summed E-state index contributed by atoms with van der Waals surface area (Å²) in [7, 11) is 1.54.